The second-order valence-corrected chi connectivity index (χ2v) is 6.58. The highest BCUT2D eigenvalue weighted by atomic mass is 16.7. The zero-order chi connectivity index (χ0) is 16.3. The van der Waals surface area contributed by atoms with Crippen LogP contribution < -0.4 is 5.32 Å². The van der Waals surface area contributed by atoms with Crippen LogP contribution in [0.2, 0.25) is 0 Å². The Balaban J connectivity index is 1.49. The van der Waals surface area contributed by atoms with E-state index in [0.29, 0.717) is 25.6 Å². The Hall–Kier alpha value is -1.83. The number of hydrogen-bond acceptors (Lipinski definition) is 6. The van der Waals surface area contributed by atoms with Crippen LogP contribution in [0.1, 0.15) is 44.0 Å². The summed E-state index contributed by atoms with van der Waals surface area (Å²) in [7, 11) is 0. The minimum absolute atomic E-state index is 0.147. The molecule has 1 aliphatic heterocycles. The van der Waals surface area contributed by atoms with Crippen molar-refractivity contribution in [3.8, 4) is 0 Å². The second-order valence-electron chi connectivity index (χ2n) is 6.58. The van der Waals surface area contributed by atoms with Gasteiger partial charge in [0.05, 0.1) is 25.3 Å². The summed E-state index contributed by atoms with van der Waals surface area (Å²) in [4.78, 5) is 1.64. The molecule has 3 rings (SSSR count). The van der Waals surface area contributed by atoms with Crippen molar-refractivity contribution in [3.63, 3.8) is 0 Å². The van der Waals surface area contributed by atoms with Crippen molar-refractivity contribution in [3.05, 3.63) is 41.2 Å². The number of ether oxygens (including phenoxy) is 2. The highest BCUT2D eigenvalue weighted by Gasteiger charge is 2.18. The molecule has 0 unspecified atom stereocenters. The van der Waals surface area contributed by atoms with Crippen LogP contribution in [0.15, 0.2) is 24.3 Å². The summed E-state index contributed by atoms with van der Waals surface area (Å²) in [6.45, 7) is 8.80. The smallest absolute Gasteiger partial charge is 0.188 e. The molecule has 0 amide bonds. The molecule has 1 fully saturated rings. The van der Waals surface area contributed by atoms with E-state index in [1.165, 1.54) is 5.56 Å². The first-order valence-corrected chi connectivity index (χ1v) is 7.84. The number of nitrogens with zero attached hydrogens (tertiary/aromatic N) is 4. The molecule has 0 bridgehead atoms. The molecule has 0 saturated carbocycles. The Bertz CT molecular complexity index is 627. The number of benzene rings is 1. The van der Waals surface area contributed by atoms with Crippen molar-refractivity contribution in [1.29, 1.82) is 0 Å². The highest BCUT2D eigenvalue weighted by Crippen LogP contribution is 2.23. The summed E-state index contributed by atoms with van der Waals surface area (Å²) in [6, 6.07) is 8.24. The number of aromatic nitrogens is 4. The Kier molecular flexibility index (Phi) is 4.70. The van der Waals surface area contributed by atoms with E-state index in [2.05, 4.69) is 32.9 Å². The van der Waals surface area contributed by atoms with Gasteiger partial charge in [-0.25, -0.2) is 0 Å². The first kappa shape index (κ1) is 16.0. The Morgan fingerprint density at radius 1 is 1.13 bits per heavy atom. The lowest BCUT2D eigenvalue weighted by Crippen LogP contribution is -2.25. The van der Waals surface area contributed by atoms with Gasteiger partial charge in [-0.05, 0) is 31.5 Å². The Morgan fingerprint density at radius 3 is 2.43 bits per heavy atom. The van der Waals surface area contributed by atoms with Crippen LogP contribution in [0.3, 0.4) is 0 Å². The summed E-state index contributed by atoms with van der Waals surface area (Å²) in [6.07, 6.45) is -0.214. The molecule has 1 aromatic heterocycles. The van der Waals surface area contributed by atoms with Crippen molar-refractivity contribution < 1.29 is 9.47 Å². The largest absolute Gasteiger partial charge is 0.346 e. The molecule has 0 spiro atoms. The fraction of sp³-hybridized carbons (Fsp3) is 0.562. The van der Waals surface area contributed by atoms with E-state index in [9.17, 15) is 0 Å². The minimum Gasteiger partial charge on any atom is -0.346 e. The van der Waals surface area contributed by atoms with Gasteiger partial charge in [-0.1, -0.05) is 24.3 Å². The van der Waals surface area contributed by atoms with Crippen LogP contribution >= 0.6 is 0 Å². The predicted octanol–water partition coefficient (Wildman–Crippen LogP) is 1.76. The molecule has 0 aliphatic carbocycles. The van der Waals surface area contributed by atoms with Crippen molar-refractivity contribution in [2.45, 2.75) is 45.7 Å². The SMILES string of the molecule is CC(C)(C)n1nnc(CNCc2ccc(C3OCCO3)cc2)n1. The number of tetrazole rings is 1. The highest BCUT2D eigenvalue weighted by molar-refractivity contribution is 5.23. The summed E-state index contributed by atoms with van der Waals surface area (Å²) >= 11 is 0. The molecule has 124 valence electrons. The van der Waals surface area contributed by atoms with Gasteiger partial charge in [0.15, 0.2) is 12.1 Å². The van der Waals surface area contributed by atoms with E-state index in [4.69, 9.17) is 9.47 Å². The number of hydrogen-bond donors (Lipinski definition) is 1. The molecule has 7 nitrogen and oxygen atoms in total. The van der Waals surface area contributed by atoms with E-state index in [0.717, 1.165) is 12.1 Å². The summed E-state index contributed by atoms with van der Waals surface area (Å²) in [5, 5.41) is 15.9. The zero-order valence-electron chi connectivity index (χ0n) is 13.8. The minimum atomic E-state index is -0.214. The van der Waals surface area contributed by atoms with Gasteiger partial charge in [0.25, 0.3) is 0 Å². The van der Waals surface area contributed by atoms with Gasteiger partial charge < -0.3 is 14.8 Å². The van der Waals surface area contributed by atoms with Gasteiger partial charge in [0, 0.05) is 12.1 Å². The molecule has 1 aromatic carbocycles. The van der Waals surface area contributed by atoms with Crippen LogP contribution in [0.5, 0.6) is 0 Å². The third-order valence-corrected chi connectivity index (χ3v) is 3.54. The third-order valence-electron chi connectivity index (χ3n) is 3.54. The van der Waals surface area contributed by atoms with Crippen molar-refractivity contribution in [2.75, 3.05) is 13.2 Å². The van der Waals surface area contributed by atoms with Crippen molar-refractivity contribution >= 4 is 0 Å². The fourth-order valence-electron chi connectivity index (χ4n) is 2.26. The van der Waals surface area contributed by atoms with E-state index < -0.39 is 0 Å². The van der Waals surface area contributed by atoms with Gasteiger partial charge in [0.1, 0.15) is 0 Å². The van der Waals surface area contributed by atoms with Crippen molar-refractivity contribution in [1.82, 2.24) is 25.5 Å². The van der Waals surface area contributed by atoms with Crippen LogP contribution in [-0.2, 0) is 28.1 Å². The molecule has 1 aliphatic rings. The molecule has 1 N–H and O–H groups in total. The Labute approximate surface area is 136 Å². The average Bonchev–Trinajstić information content (AvgIpc) is 3.19. The second kappa shape index (κ2) is 6.74. The van der Waals surface area contributed by atoms with Crippen molar-refractivity contribution in [2.24, 2.45) is 0 Å². The molecule has 0 atom stereocenters. The first-order valence-electron chi connectivity index (χ1n) is 7.84. The van der Waals surface area contributed by atoms with E-state index in [1.807, 2.05) is 32.9 Å². The van der Waals surface area contributed by atoms with Gasteiger partial charge in [-0.2, -0.15) is 4.80 Å². The molecule has 7 heteroatoms. The van der Waals surface area contributed by atoms with Crippen LogP contribution in [0.25, 0.3) is 0 Å². The van der Waals surface area contributed by atoms with Gasteiger partial charge in [-0.15, -0.1) is 10.2 Å². The lowest BCUT2D eigenvalue weighted by Gasteiger charge is -2.15. The average molecular weight is 317 g/mol. The first-order chi connectivity index (χ1) is 11.0. The maximum atomic E-state index is 5.48. The quantitative estimate of drug-likeness (QED) is 0.906. The van der Waals surface area contributed by atoms with Crippen LogP contribution in [0, 0.1) is 0 Å². The van der Waals surface area contributed by atoms with Crippen LogP contribution in [0.4, 0.5) is 0 Å². The summed E-state index contributed by atoms with van der Waals surface area (Å²) < 4.78 is 11.0. The molecule has 2 aromatic rings. The third kappa shape index (κ3) is 4.13. The topological polar surface area (TPSA) is 74.1 Å². The lowest BCUT2D eigenvalue weighted by atomic mass is 10.1. The summed E-state index contributed by atoms with van der Waals surface area (Å²) in [5.41, 5.74) is 2.10. The normalized spacial score (nSPS) is 16.1. The fourth-order valence-corrected chi connectivity index (χ4v) is 2.26. The van der Waals surface area contributed by atoms with E-state index >= 15 is 0 Å². The predicted molar refractivity (Wildman–Crippen MR) is 84.4 cm³/mol. The number of nitrogens with one attached hydrogen (secondary N) is 1. The van der Waals surface area contributed by atoms with Gasteiger partial charge >= 0.3 is 0 Å². The molecular weight excluding hydrogens is 294 g/mol. The van der Waals surface area contributed by atoms with E-state index in [-0.39, 0.29) is 11.8 Å². The molecule has 2 heterocycles. The molecule has 23 heavy (non-hydrogen) atoms. The lowest BCUT2D eigenvalue weighted by molar-refractivity contribution is -0.0441. The molecular formula is C16H23N5O2. The zero-order valence-corrected chi connectivity index (χ0v) is 13.8. The monoisotopic (exact) mass is 317 g/mol. The Morgan fingerprint density at radius 2 is 1.83 bits per heavy atom. The summed E-state index contributed by atoms with van der Waals surface area (Å²) in [5.74, 6) is 0.698. The maximum absolute atomic E-state index is 5.48. The maximum Gasteiger partial charge on any atom is 0.188 e. The molecule has 0 radical (unpaired) electrons. The van der Waals surface area contributed by atoms with E-state index in [1.54, 1.807) is 4.80 Å². The van der Waals surface area contributed by atoms with Gasteiger partial charge in [-0.3, -0.25) is 0 Å². The molecule has 1 saturated heterocycles. The standard InChI is InChI=1S/C16H23N5O2/c1-16(2,3)21-19-14(18-20-21)11-17-10-12-4-6-13(7-5-12)15-22-8-9-23-15/h4-7,15,17H,8-11H2,1-3H3. The number of rotatable bonds is 5. The van der Waals surface area contributed by atoms with Gasteiger partial charge in [0.2, 0.25) is 0 Å². The van der Waals surface area contributed by atoms with Crippen LogP contribution in [-0.4, -0.2) is 33.4 Å².